The van der Waals surface area contributed by atoms with Crippen molar-refractivity contribution >= 4 is 28.1 Å². The highest BCUT2D eigenvalue weighted by Crippen LogP contribution is 2.44. The molecule has 3 aromatic carbocycles. The summed E-state index contributed by atoms with van der Waals surface area (Å²) in [6.45, 7) is 4.05. The molecule has 3 heteroatoms. The highest BCUT2D eigenvalue weighted by molar-refractivity contribution is 6.42. The minimum absolute atomic E-state index is 0.397. The summed E-state index contributed by atoms with van der Waals surface area (Å²) >= 11 is 0. The van der Waals surface area contributed by atoms with E-state index >= 15 is 0 Å². The van der Waals surface area contributed by atoms with Crippen LogP contribution in [-0.4, -0.2) is 11.7 Å². The Balaban J connectivity index is 1.76. The first kappa shape index (κ1) is 14.6. The number of fused-ring (bicyclic) bond motifs is 3. The molecule has 3 aromatic rings. The molecule has 0 saturated heterocycles. The van der Waals surface area contributed by atoms with Crippen molar-refractivity contribution in [2.75, 3.05) is 0 Å². The van der Waals surface area contributed by atoms with E-state index in [1.807, 2.05) is 56.3 Å². The molecule has 4 rings (SSSR count). The Labute approximate surface area is 140 Å². The van der Waals surface area contributed by atoms with Gasteiger partial charge < -0.3 is 4.74 Å². The molecule has 1 aliphatic heterocycles. The van der Waals surface area contributed by atoms with Crippen molar-refractivity contribution in [3.63, 3.8) is 0 Å². The number of benzene rings is 3. The summed E-state index contributed by atoms with van der Waals surface area (Å²) in [6, 6.07) is 21.3. The number of hydrogen-bond acceptors (Lipinski definition) is 3. The molecule has 118 valence electrons. The number of carbonyl (C=O) groups excluding carboxylic acids is 1. The molecule has 0 atom stereocenters. The minimum atomic E-state index is -0.498. The molecule has 0 unspecified atom stereocenters. The average Bonchev–Trinajstić information content (AvgIpc) is 2.87. The maximum absolute atomic E-state index is 12.7. The summed E-state index contributed by atoms with van der Waals surface area (Å²) in [6.07, 6.45) is 0. The van der Waals surface area contributed by atoms with Crippen LogP contribution in [0.3, 0.4) is 0 Å². The van der Waals surface area contributed by atoms with Gasteiger partial charge in [0.15, 0.2) is 0 Å². The van der Waals surface area contributed by atoms with Crippen LogP contribution in [0.1, 0.15) is 19.4 Å². The van der Waals surface area contributed by atoms with Gasteiger partial charge in [0.05, 0.1) is 5.69 Å². The number of hydrogen-bond donors (Lipinski definition) is 0. The third kappa shape index (κ3) is 2.21. The fraction of sp³-hybridized carbons (Fsp3) is 0.143. The van der Waals surface area contributed by atoms with Gasteiger partial charge in [0.1, 0.15) is 11.5 Å². The van der Waals surface area contributed by atoms with Crippen molar-refractivity contribution in [1.29, 1.82) is 0 Å². The predicted molar refractivity (Wildman–Crippen MR) is 96.1 cm³/mol. The maximum atomic E-state index is 12.7. The Morgan fingerprint density at radius 2 is 1.62 bits per heavy atom. The van der Waals surface area contributed by atoms with E-state index in [1.54, 1.807) is 12.1 Å². The van der Waals surface area contributed by atoms with Crippen LogP contribution in [0, 0.1) is 0 Å². The van der Waals surface area contributed by atoms with Gasteiger partial charge in [-0.25, -0.2) is 9.79 Å². The Morgan fingerprint density at radius 1 is 0.917 bits per heavy atom. The third-order valence-electron chi connectivity index (χ3n) is 4.50. The quantitative estimate of drug-likeness (QED) is 0.503. The summed E-state index contributed by atoms with van der Waals surface area (Å²) in [5, 5.41) is 2.28. The summed E-state index contributed by atoms with van der Waals surface area (Å²) < 4.78 is 5.51. The summed E-state index contributed by atoms with van der Waals surface area (Å²) in [4.78, 5) is 17.3. The molecule has 0 saturated carbocycles. The van der Waals surface area contributed by atoms with E-state index in [4.69, 9.17) is 4.74 Å². The molecule has 0 bridgehead atoms. The Bertz CT molecular complexity index is 972. The van der Waals surface area contributed by atoms with E-state index in [1.165, 1.54) is 0 Å². The Kier molecular flexibility index (Phi) is 3.24. The van der Waals surface area contributed by atoms with Gasteiger partial charge in [-0.1, -0.05) is 48.5 Å². The normalized spacial score (nSPS) is 15.0. The van der Waals surface area contributed by atoms with Crippen molar-refractivity contribution < 1.29 is 9.53 Å². The SMILES string of the molecule is CC1(C)C(C(=O)Oc2ccccc2)=Nc2ccc3ccccc3c21. The van der Waals surface area contributed by atoms with Crippen molar-refractivity contribution in [1.82, 2.24) is 0 Å². The first-order valence-electron chi connectivity index (χ1n) is 7.96. The van der Waals surface area contributed by atoms with Crippen molar-refractivity contribution in [3.05, 3.63) is 72.3 Å². The number of carbonyl (C=O) groups is 1. The molecule has 1 heterocycles. The topological polar surface area (TPSA) is 38.7 Å². The molecule has 0 N–H and O–H groups in total. The number of esters is 1. The summed E-state index contributed by atoms with van der Waals surface area (Å²) in [5.74, 6) is 0.133. The smallest absolute Gasteiger partial charge is 0.359 e. The first-order valence-corrected chi connectivity index (χ1v) is 7.96. The van der Waals surface area contributed by atoms with E-state index in [9.17, 15) is 4.79 Å². The maximum Gasteiger partial charge on any atom is 0.359 e. The van der Waals surface area contributed by atoms with Crippen LogP contribution >= 0.6 is 0 Å². The molecule has 0 aromatic heterocycles. The van der Waals surface area contributed by atoms with E-state index in [2.05, 4.69) is 17.1 Å². The van der Waals surface area contributed by atoms with Crippen LogP contribution in [0.15, 0.2) is 71.7 Å². The molecule has 0 spiro atoms. The second-order valence-electron chi connectivity index (χ2n) is 6.47. The number of ether oxygens (including phenoxy) is 1. The standard InChI is InChI=1S/C21H17NO2/c1-21(2)18-16-11-7-6-8-14(16)12-13-17(18)22-19(21)20(23)24-15-9-4-3-5-10-15/h3-13H,1-2H3. The second kappa shape index (κ2) is 5.31. The molecule has 24 heavy (non-hydrogen) atoms. The van der Waals surface area contributed by atoms with Gasteiger partial charge in [-0.3, -0.25) is 0 Å². The lowest BCUT2D eigenvalue weighted by Crippen LogP contribution is -2.35. The highest BCUT2D eigenvalue weighted by atomic mass is 16.5. The van der Waals surface area contributed by atoms with Gasteiger partial charge in [0.25, 0.3) is 0 Å². The van der Waals surface area contributed by atoms with Gasteiger partial charge in [-0.05, 0) is 48.4 Å². The molecule has 1 aliphatic rings. The lowest BCUT2D eigenvalue weighted by Gasteiger charge is -2.22. The first-order chi connectivity index (χ1) is 11.6. The van der Waals surface area contributed by atoms with Crippen LogP contribution < -0.4 is 4.74 Å². The lowest BCUT2D eigenvalue weighted by molar-refractivity contribution is -0.127. The fourth-order valence-electron chi connectivity index (χ4n) is 3.33. The van der Waals surface area contributed by atoms with Crippen LogP contribution in [0.4, 0.5) is 5.69 Å². The van der Waals surface area contributed by atoms with Gasteiger partial charge in [0.2, 0.25) is 0 Å². The molecule has 3 nitrogen and oxygen atoms in total. The summed E-state index contributed by atoms with van der Waals surface area (Å²) in [7, 11) is 0. The highest BCUT2D eigenvalue weighted by Gasteiger charge is 2.41. The monoisotopic (exact) mass is 315 g/mol. The Hall–Kier alpha value is -2.94. The van der Waals surface area contributed by atoms with Crippen LogP contribution in [0.25, 0.3) is 10.8 Å². The number of nitrogens with zero attached hydrogens (tertiary/aromatic N) is 1. The number of para-hydroxylation sites is 1. The molecule has 0 aliphatic carbocycles. The van der Waals surface area contributed by atoms with Gasteiger partial charge >= 0.3 is 5.97 Å². The van der Waals surface area contributed by atoms with Crippen molar-refractivity contribution in [2.24, 2.45) is 4.99 Å². The molecular weight excluding hydrogens is 298 g/mol. The number of aliphatic imine (C=N–C) groups is 1. The molecular formula is C21H17NO2. The third-order valence-corrected chi connectivity index (χ3v) is 4.50. The van der Waals surface area contributed by atoms with Crippen molar-refractivity contribution in [3.8, 4) is 5.75 Å². The van der Waals surface area contributed by atoms with E-state index in [0.717, 1.165) is 22.0 Å². The van der Waals surface area contributed by atoms with E-state index in [-0.39, 0.29) is 0 Å². The van der Waals surface area contributed by atoms with Gasteiger partial charge in [-0.15, -0.1) is 0 Å². The van der Waals surface area contributed by atoms with E-state index in [0.29, 0.717) is 11.5 Å². The average molecular weight is 315 g/mol. The Morgan fingerprint density at radius 3 is 2.42 bits per heavy atom. The predicted octanol–water partition coefficient (Wildman–Crippen LogP) is 4.81. The molecule has 0 radical (unpaired) electrons. The van der Waals surface area contributed by atoms with Crippen LogP contribution in [0.5, 0.6) is 5.75 Å². The largest absolute Gasteiger partial charge is 0.422 e. The van der Waals surface area contributed by atoms with Gasteiger partial charge in [0, 0.05) is 5.41 Å². The summed E-state index contributed by atoms with van der Waals surface area (Å²) in [5.41, 5.74) is 1.87. The second-order valence-corrected chi connectivity index (χ2v) is 6.47. The van der Waals surface area contributed by atoms with Crippen LogP contribution in [0.2, 0.25) is 0 Å². The van der Waals surface area contributed by atoms with Gasteiger partial charge in [-0.2, -0.15) is 0 Å². The van der Waals surface area contributed by atoms with Crippen LogP contribution in [-0.2, 0) is 10.2 Å². The zero-order chi connectivity index (χ0) is 16.7. The fourth-order valence-corrected chi connectivity index (χ4v) is 3.33. The zero-order valence-electron chi connectivity index (χ0n) is 13.6. The zero-order valence-corrected chi connectivity index (χ0v) is 13.6. The number of rotatable bonds is 2. The minimum Gasteiger partial charge on any atom is -0.422 e. The van der Waals surface area contributed by atoms with E-state index < -0.39 is 11.4 Å². The molecule has 0 amide bonds. The van der Waals surface area contributed by atoms with Crippen molar-refractivity contribution in [2.45, 2.75) is 19.3 Å². The lowest BCUT2D eigenvalue weighted by atomic mass is 9.79. The molecule has 0 fully saturated rings.